The first kappa shape index (κ1) is 15.1. The molecule has 8 heteroatoms. The van der Waals surface area contributed by atoms with E-state index in [0.717, 1.165) is 6.07 Å². The van der Waals surface area contributed by atoms with Crippen LogP contribution < -0.4 is 10.5 Å². The SMILES string of the molecule is CCOCOc1cc([C-](F)F)nc(N)n1.[W+2]. The zero-order chi connectivity index (χ0) is 11.3. The van der Waals surface area contributed by atoms with Crippen LogP contribution in [0.5, 0.6) is 5.88 Å². The van der Waals surface area contributed by atoms with Gasteiger partial charge in [0.05, 0.1) is 0 Å². The first-order valence-corrected chi connectivity index (χ1v) is 4.17. The van der Waals surface area contributed by atoms with Crippen LogP contribution in [0.1, 0.15) is 12.6 Å². The van der Waals surface area contributed by atoms with Crippen molar-refractivity contribution in [1.82, 2.24) is 9.97 Å². The minimum absolute atomic E-state index is 0. The maximum atomic E-state index is 12.2. The van der Waals surface area contributed by atoms with Gasteiger partial charge in [0.1, 0.15) is 12.3 Å². The predicted molar refractivity (Wildman–Crippen MR) is 48.1 cm³/mol. The number of hydrogen-bond acceptors (Lipinski definition) is 5. The molecule has 1 aromatic rings. The van der Waals surface area contributed by atoms with E-state index in [0.29, 0.717) is 6.61 Å². The van der Waals surface area contributed by atoms with E-state index in [9.17, 15) is 8.78 Å². The van der Waals surface area contributed by atoms with Crippen LogP contribution in [0.4, 0.5) is 14.7 Å². The number of nitrogens with two attached hydrogens (primary N) is 1. The van der Waals surface area contributed by atoms with E-state index in [-0.39, 0.29) is 39.7 Å². The van der Waals surface area contributed by atoms with Gasteiger partial charge >= 0.3 is 21.1 Å². The fourth-order valence-electron chi connectivity index (χ4n) is 0.799. The van der Waals surface area contributed by atoms with Gasteiger partial charge in [-0.3, -0.25) is 8.78 Å². The number of rotatable bonds is 5. The Balaban J connectivity index is 0.00000225. The first-order chi connectivity index (χ1) is 7.13. The summed E-state index contributed by atoms with van der Waals surface area (Å²) < 4.78 is 34.2. The number of halogens is 2. The average Bonchev–Trinajstić information content (AvgIpc) is 2.17. The van der Waals surface area contributed by atoms with Crippen LogP contribution in [0.2, 0.25) is 0 Å². The molecule has 0 spiro atoms. The van der Waals surface area contributed by atoms with Crippen molar-refractivity contribution in [3.63, 3.8) is 0 Å². The van der Waals surface area contributed by atoms with Gasteiger partial charge in [-0.05, 0) is 12.6 Å². The Morgan fingerprint density at radius 1 is 1.44 bits per heavy atom. The molecule has 1 rings (SSSR count). The fourth-order valence-corrected chi connectivity index (χ4v) is 0.799. The van der Waals surface area contributed by atoms with Gasteiger partial charge in [-0.15, -0.1) is 6.07 Å². The quantitative estimate of drug-likeness (QED) is 0.456. The third-order valence-electron chi connectivity index (χ3n) is 1.41. The van der Waals surface area contributed by atoms with E-state index in [1.165, 1.54) is 0 Å². The molecule has 88 valence electrons. The summed E-state index contributed by atoms with van der Waals surface area (Å²) in [6.45, 7) is 2.16. The second-order valence-corrected chi connectivity index (χ2v) is 2.47. The second-order valence-electron chi connectivity index (χ2n) is 2.47. The summed E-state index contributed by atoms with van der Waals surface area (Å²) in [5.41, 5.74) is 4.66. The van der Waals surface area contributed by atoms with Gasteiger partial charge in [0.15, 0.2) is 6.79 Å². The topological polar surface area (TPSA) is 70.3 Å². The normalized spacial score (nSPS) is 9.44. The molecule has 0 aromatic carbocycles. The molecule has 0 fully saturated rings. The summed E-state index contributed by atoms with van der Waals surface area (Å²) in [5, 5.41) is 0. The van der Waals surface area contributed by atoms with Crippen LogP contribution >= 0.6 is 0 Å². The summed E-state index contributed by atoms with van der Waals surface area (Å²) in [6.07, 6.45) is -1.94. The van der Waals surface area contributed by atoms with E-state index in [2.05, 4.69) is 9.97 Å². The molecule has 0 aliphatic rings. The van der Waals surface area contributed by atoms with E-state index >= 15 is 0 Å². The van der Waals surface area contributed by atoms with Gasteiger partial charge in [-0.25, -0.2) is 4.98 Å². The predicted octanol–water partition coefficient (Wildman–Crippen LogP) is 1.21. The molecule has 1 heterocycles. The molecular weight excluding hydrogens is 392 g/mol. The van der Waals surface area contributed by atoms with Gasteiger partial charge in [-0.2, -0.15) is 4.98 Å². The summed E-state index contributed by atoms with van der Waals surface area (Å²) in [5.74, 6) is -0.314. The number of nitrogen functional groups attached to an aromatic ring is 1. The third kappa shape index (κ3) is 4.72. The van der Waals surface area contributed by atoms with Crippen molar-refractivity contribution in [2.24, 2.45) is 0 Å². The Labute approximate surface area is 106 Å². The Hall–Kier alpha value is -0.942. The van der Waals surface area contributed by atoms with Crippen molar-refractivity contribution in [2.45, 2.75) is 6.92 Å². The molecule has 0 aliphatic carbocycles. The van der Waals surface area contributed by atoms with E-state index in [4.69, 9.17) is 15.2 Å². The van der Waals surface area contributed by atoms with Crippen molar-refractivity contribution < 1.29 is 39.3 Å². The van der Waals surface area contributed by atoms with Crippen LogP contribution in [0.25, 0.3) is 0 Å². The van der Waals surface area contributed by atoms with Crippen LogP contribution in [-0.2, 0) is 25.8 Å². The molecule has 0 saturated carbocycles. The van der Waals surface area contributed by atoms with Crippen LogP contribution in [0.3, 0.4) is 0 Å². The minimum Gasteiger partial charge on any atom is -0.467 e. The molecule has 0 saturated heterocycles. The monoisotopic (exact) mass is 402 g/mol. The zero-order valence-electron chi connectivity index (χ0n) is 8.44. The molecule has 0 amide bonds. The number of hydrogen-bond donors (Lipinski definition) is 1. The van der Waals surface area contributed by atoms with Gasteiger partial charge < -0.3 is 15.2 Å². The molecule has 5 nitrogen and oxygen atoms in total. The van der Waals surface area contributed by atoms with Crippen molar-refractivity contribution in [3.8, 4) is 5.88 Å². The molecule has 1 aromatic heterocycles. The summed E-state index contributed by atoms with van der Waals surface area (Å²) in [4.78, 5) is 6.93. The number of nitrogens with zero attached hydrogens (tertiary/aromatic N) is 2. The van der Waals surface area contributed by atoms with E-state index < -0.39 is 12.1 Å². The molecule has 0 atom stereocenters. The Morgan fingerprint density at radius 3 is 2.69 bits per heavy atom. The number of ether oxygens (including phenoxy) is 2. The maximum absolute atomic E-state index is 12.2. The van der Waals surface area contributed by atoms with E-state index in [1.807, 2.05) is 0 Å². The third-order valence-corrected chi connectivity index (χ3v) is 1.41. The summed E-state index contributed by atoms with van der Waals surface area (Å²) >= 11 is 0. The van der Waals surface area contributed by atoms with Crippen LogP contribution in [0.15, 0.2) is 6.07 Å². The van der Waals surface area contributed by atoms with Crippen molar-refractivity contribution in [3.05, 3.63) is 18.2 Å². The van der Waals surface area contributed by atoms with E-state index in [1.54, 1.807) is 6.92 Å². The zero-order valence-corrected chi connectivity index (χ0v) is 11.4. The summed E-state index contributed by atoms with van der Waals surface area (Å²) in [6, 6.07) is 0.991. The first-order valence-electron chi connectivity index (χ1n) is 4.17. The smallest absolute Gasteiger partial charge is 0.467 e. The number of aromatic nitrogens is 2. The number of anilines is 1. The molecule has 0 aliphatic heterocycles. The largest absolute Gasteiger partial charge is 2.00 e. The molecule has 0 bridgehead atoms. The van der Waals surface area contributed by atoms with Crippen LogP contribution in [-0.4, -0.2) is 23.4 Å². The Kier molecular flexibility index (Phi) is 6.92. The molecule has 0 radical (unpaired) electrons. The Bertz CT molecular complexity index is 328. The fraction of sp³-hybridized carbons (Fsp3) is 0.375. The van der Waals surface area contributed by atoms with Gasteiger partial charge in [0.25, 0.3) is 0 Å². The molecule has 0 unspecified atom stereocenters. The van der Waals surface area contributed by atoms with Crippen LogP contribution in [0, 0.1) is 6.43 Å². The average molecular weight is 402 g/mol. The molecular formula is C8H10F2N3O2W+. The second kappa shape index (κ2) is 7.35. The summed E-state index contributed by atoms with van der Waals surface area (Å²) in [7, 11) is 0. The van der Waals surface area contributed by atoms with Gasteiger partial charge in [-0.1, -0.05) is 0 Å². The molecule has 2 N–H and O–H groups in total. The Morgan fingerprint density at radius 2 is 2.12 bits per heavy atom. The van der Waals surface area contributed by atoms with Crippen molar-refractivity contribution >= 4 is 5.95 Å². The van der Waals surface area contributed by atoms with Gasteiger partial charge in [0.2, 0.25) is 5.95 Å². The minimum atomic E-state index is -1.94. The van der Waals surface area contributed by atoms with Gasteiger partial charge in [0, 0.05) is 6.61 Å². The maximum Gasteiger partial charge on any atom is 2.00 e. The van der Waals surface area contributed by atoms with Crippen molar-refractivity contribution in [1.29, 1.82) is 0 Å². The molecule has 16 heavy (non-hydrogen) atoms. The standard InChI is InChI=1S/C8H10F2N3O2.W/c1-2-14-4-15-6-3-5(7(9)10)12-8(11)13-6;/h3H,2,4H2,1H3,(H2,11,12,13);/q-1;+2. The van der Waals surface area contributed by atoms with Crippen molar-refractivity contribution in [2.75, 3.05) is 19.1 Å².